The van der Waals surface area contributed by atoms with Gasteiger partial charge in [-0.2, -0.15) is 11.8 Å². The second-order valence-electron chi connectivity index (χ2n) is 5.10. The Morgan fingerprint density at radius 2 is 1.86 bits per heavy atom. The van der Waals surface area contributed by atoms with E-state index in [4.69, 9.17) is 4.74 Å². The molecule has 0 radical (unpaired) electrons. The minimum atomic E-state index is 0.793. The van der Waals surface area contributed by atoms with Crippen LogP contribution in [0.1, 0.15) is 24.5 Å². The SMILES string of the molecule is CCSc1cc(OCCCSCc2ccccc2)ccc1C. The van der Waals surface area contributed by atoms with Crippen LogP contribution in [0.3, 0.4) is 0 Å². The first-order valence-electron chi connectivity index (χ1n) is 7.77. The summed E-state index contributed by atoms with van der Waals surface area (Å²) in [4.78, 5) is 1.33. The average molecular weight is 333 g/mol. The molecule has 0 amide bonds. The Balaban J connectivity index is 1.65. The molecule has 22 heavy (non-hydrogen) atoms. The quantitative estimate of drug-likeness (QED) is 0.423. The lowest BCUT2D eigenvalue weighted by Gasteiger charge is -2.09. The minimum absolute atomic E-state index is 0.793. The van der Waals surface area contributed by atoms with Crippen LogP contribution < -0.4 is 4.74 Å². The van der Waals surface area contributed by atoms with E-state index in [1.165, 1.54) is 16.0 Å². The summed E-state index contributed by atoms with van der Waals surface area (Å²) < 4.78 is 5.87. The van der Waals surface area contributed by atoms with Crippen molar-refractivity contribution in [3.05, 3.63) is 59.7 Å². The third-order valence-corrected chi connectivity index (χ3v) is 5.43. The number of benzene rings is 2. The van der Waals surface area contributed by atoms with E-state index in [9.17, 15) is 0 Å². The van der Waals surface area contributed by atoms with Crippen LogP contribution in [-0.2, 0) is 5.75 Å². The third kappa shape index (κ3) is 5.98. The van der Waals surface area contributed by atoms with Gasteiger partial charge in [0, 0.05) is 10.6 Å². The summed E-state index contributed by atoms with van der Waals surface area (Å²) in [5, 5.41) is 0. The maximum absolute atomic E-state index is 5.87. The molecule has 0 unspecified atom stereocenters. The molecule has 0 heterocycles. The zero-order valence-electron chi connectivity index (χ0n) is 13.4. The first-order valence-corrected chi connectivity index (χ1v) is 9.91. The number of hydrogen-bond donors (Lipinski definition) is 0. The van der Waals surface area contributed by atoms with E-state index < -0.39 is 0 Å². The van der Waals surface area contributed by atoms with Crippen molar-refractivity contribution in [1.82, 2.24) is 0 Å². The molecule has 2 rings (SSSR count). The Hall–Kier alpha value is -1.06. The van der Waals surface area contributed by atoms with Gasteiger partial charge >= 0.3 is 0 Å². The molecule has 2 aromatic rings. The molecule has 0 spiro atoms. The first kappa shape index (κ1) is 17.3. The summed E-state index contributed by atoms with van der Waals surface area (Å²) in [5.74, 6) is 4.31. The van der Waals surface area contributed by atoms with Gasteiger partial charge in [-0.1, -0.05) is 43.3 Å². The van der Waals surface area contributed by atoms with Crippen LogP contribution in [0, 0.1) is 6.92 Å². The summed E-state index contributed by atoms with van der Waals surface area (Å²) in [6.45, 7) is 5.13. The predicted octanol–water partition coefficient (Wildman–Crippen LogP) is 5.81. The fourth-order valence-corrected chi connectivity index (χ4v) is 3.80. The van der Waals surface area contributed by atoms with Crippen molar-refractivity contribution in [2.24, 2.45) is 0 Å². The lowest BCUT2D eigenvalue weighted by Crippen LogP contribution is -1.99. The zero-order chi connectivity index (χ0) is 15.6. The van der Waals surface area contributed by atoms with Gasteiger partial charge in [-0.25, -0.2) is 0 Å². The molecule has 0 aliphatic heterocycles. The van der Waals surface area contributed by atoms with Gasteiger partial charge in [-0.3, -0.25) is 0 Å². The van der Waals surface area contributed by atoms with Crippen LogP contribution in [0.2, 0.25) is 0 Å². The van der Waals surface area contributed by atoms with Crippen molar-refractivity contribution in [1.29, 1.82) is 0 Å². The van der Waals surface area contributed by atoms with Crippen molar-refractivity contribution in [2.45, 2.75) is 30.9 Å². The number of aryl methyl sites for hydroxylation is 1. The molecule has 2 aromatic carbocycles. The molecule has 0 saturated heterocycles. The van der Waals surface area contributed by atoms with Crippen LogP contribution in [0.25, 0.3) is 0 Å². The highest BCUT2D eigenvalue weighted by Gasteiger charge is 2.01. The Bertz CT molecular complexity index is 555. The summed E-state index contributed by atoms with van der Waals surface area (Å²) in [5.41, 5.74) is 2.73. The molecule has 118 valence electrons. The van der Waals surface area contributed by atoms with Gasteiger partial charge in [0.1, 0.15) is 5.75 Å². The van der Waals surface area contributed by atoms with Gasteiger partial charge in [0.15, 0.2) is 0 Å². The van der Waals surface area contributed by atoms with E-state index in [0.717, 1.165) is 36.0 Å². The molecular weight excluding hydrogens is 308 g/mol. The van der Waals surface area contributed by atoms with Gasteiger partial charge in [-0.05, 0) is 48.1 Å². The number of ether oxygens (including phenoxy) is 1. The zero-order valence-corrected chi connectivity index (χ0v) is 15.0. The number of rotatable bonds is 9. The minimum Gasteiger partial charge on any atom is -0.494 e. The van der Waals surface area contributed by atoms with Crippen molar-refractivity contribution in [3.8, 4) is 5.75 Å². The van der Waals surface area contributed by atoms with Gasteiger partial charge in [0.2, 0.25) is 0 Å². The Morgan fingerprint density at radius 1 is 1.05 bits per heavy atom. The van der Waals surface area contributed by atoms with E-state index in [1.807, 2.05) is 23.5 Å². The van der Waals surface area contributed by atoms with Crippen molar-refractivity contribution in [2.75, 3.05) is 18.1 Å². The second-order valence-corrected chi connectivity index (χ2v) is 7.51. The highest BCUT2D eigenvalue weighted by Crippen LogP contribution is 2.26. The maximum atomic E-state index is 5.87. The van der Waals surface area contributed by atoms with Gasteiger partial charge in [0.25, 0.3) is 0 Å². The van der Waals surface area contributed by atoms with Crippen molar-refractivity contribution >= 4 is 23.5 Å². The Labute approximate surface area is 142 Å². The molecule has 0 N–H and O–H groups in total. The van der Waals surface area contributed by atoms with E-state index in [2.05, 4.69) is 62.4 Å². The van der Waals surface area contributed by atoms with Gasteiger partial charge in [-0.15, -0.1) is 11.8 Å². The standard InChI is InChI=1S/C19H24OS2/c1-3-22-19-14-18(11-10-16(19)2)20-12-7-13-21-15-17-8-5-4-6-9-17/h4-6,8-11,14H,3,7,12-13,15H2,1-2H3. The van der Waals surface area contributed by atoms with Crippen LogP contribution in [0.15, 0.2) is 53.4 Å². The third-order valence-electron chi connectivity index (χ3n) is 3.27. The van der Waals surface area contributed by atoms with E-state index in [0.29, 0.717) is 0 Å². The summed E-state index contributed by atoms with van der Waals surface area (Å²) in [6.07, 6.45) is 1.08. The molecule has 0 aliphatic carbocycles. The molecule has 0 saturated carbocycles. The number of thioether (sulfide) groups is 2. The highest BCUT2D eigenvalue weighted by molar-refractivity contribution is 7.99. The van der Waals surface area contributed by atoms with Crippen LogP contribution >= 0.6 is 23.5 Å². The average Bonchev–Trinajstić information content (AvgIpc) is 2.55. The Kier molecular flexibility index (Phi) is 7.75. The second kappa shape index (κ2) is 9.86. The molecule has 0 aromatic heterocycles. The molecule has 1 nitrogen and oxygen atoms in total. The fourth-order valence-electron chi connectivity index (χ4n) is 2.10. The highest BCUT2D eigenvalue weighted by atomic mass is 32.2. The van der Waals surface area contributed by atoms with E-state index in [1.54, 1.807) is 0 Å². The smallest absolute Gasteiger partial charge is 0.120 e. The van der Waals surface area contributed by atoms with Crippen LogP contribution in [-0.4, -0.2) is 18.1 Å². The lowest BCUT2D eigenvalue weighted by atomic mass is 10.2. The largest absolute Gasteiger partial charge is 0.494 e. The lowest BCUT2D eigenvalue weighted by molar-refractivity contribution is 0.318. The topological polar surface area (TPSA) is 9.23 Å². The van der Waals surface area contributed by atoms with E-state index >= 15 is 0 Å². The summed E-state index contributed by atoms with van der Waals surface area (Å²) >= 11 is 3.85. The maximum Gasteiger partial charge on any atom is 0.120 e. The predicted molar refractivity (Wildman–Crippen MR) is 100 cm³/mol. The number of hydrogen-bond acceptors (Lipinski definition) is 3. The molecule has 3 heteroatoms. The summed E-state index contributed by atoms with van der Waals surface area (Å²) in [6, 6.07) is 17.0. The Morgan fingerprint density at radius 3 is 2.64 bits per heavy atom. The van der Waals surface area contributed by atoms with Crippen molar-refractivity contribution in [3.63, 3.8) is 0 Å². The van der Waals surface area contributed by atoms with Crippen molar-refractivity contribution < 1.29 is 4.74 Å². The van der Waals surface area contributed by atoms with Gasteiger partial charge < -0.3 is 4.74 Å². The molecule has 0 atom stereocenters. The normalized spacial score (nSPS) is 10.6. The first-order chi connectivity index (χ1) is 10.8. The molecule has 0 aliphatic rings. The molecule has 0 bridgehead atoms. The van der Waals surface area contributed by atoms with Crippen LogP contribution in [0.5, 0.6) is 5.75 Å². The monoisotopic (exact) mass is 332 g/mol. The summed E-state index contributed by atoms with van der Waals surface area (Å²) in [7, 11) is 0. The molecule has 0 fully saturated rings. The molecular formula is C19H24OS2. The van der Waals surface area contributed by atoms with Gasteiger partial charge in [0.05, 0.1) is 6.61 Å². The van der Waals surface area contributed by atoms with Crippen LogP contribution in [0.4, 0.5) is 0 Å². The van der Waals surface area contributed by atoms with E-state index in [-0.39, 0.29) is 0 Å². The fraction of sp³-hybridized carbons (Fsp3) is 0.368.